The number of rotatable bonds is 4. The molecule has 2 aromatic carbocycles. The van der Waals surface area contributed by atoms with Crippen molar-refractivity contribution in [1.29, 1.82) is 0 Å². The predicted molar refractivity (Wildman–Crippen MR) is 81.6 cm³/mol. The van der Waals surface area contributed by atoms with Crippen molar-refractivity contribution in [1.82, 2.24) is 0 Å². The Morgan fingerprint density at radius 3 is 2.32 bits per heavy atom. The maximum Gasteiger partial charge on any atom is 0.421 e. The Hall–Kier alpha value is -2.95. The van der Waals surface area contributed by atoms with E-state index in [4.69, 9.17) is 4.74 Å². The fourth-order valence-electron chi connectivity index (χ4n) is 1.97. The first-order chi connectivity index (χ1) is 10.6. The van der Waals surface area contributed by atoms with Gasteiger partial charge >= 0.3 is 6.09 Å². The molecule has 2 aromatic rings. The SMILES string of the molecule is CC(=O)N(C(=O)OCc1ccccc1)c1ccccc1C=O. The third-order valence-electron chi connectivity index (χ3n) is 3.01. The predicted octanol–water partition coefficient (Wildman–Crippen LogP) is 3.19. The zero-order chi connectivity index (χ0) is 15.9. The number of para-hydroxylation sites is 1. The Balaban J connectivity index is 2.19. The van der Waals surface area contributed by atoms with Crippen LogP contribution in [0, 0.1) is 0 Å². The highest BCUT2D eigenvalue weighted by Crippen LogP contribution is 2.20. The standard InChI is InChI=1S/C17H15NO4/c1-13(20)18(16-10-6-5-9-15(16)11-19)17(21)22-12-14-7-3-2-4-8-14/h2-11H,12H2,1H3. The van der Waals surface area contributed by atoms with Crippen LogP contribution in [0.25, 0.3) is 0 Å². The molecular formula is C17H15NO4. The summed E-state index contributed by atoms with van der Waals surface area (Å²) in [7, 11) is 0. The maximum absolute atomic E-state index is 12.2. The Labute approximate surface area is 128 Å². The van der Waals surface area contributed by atoms with E-state index in [9.17, 15) is 14.4 Å². The van der Waals surface area contributed by atoms with Gasteiger partial charge in [0.25, 0.3) is 0 Å². The average Bonchev–Trinajstić information content (AvgIpc) is 2.54. The first-order valence-corrected chi connectivity index (χ1v) is 6.69. The number of anilines is 1. The summed E-state index contributed by atoms with van der Waals surface area (Å²) in [5.41, 5.74) is 1.26. The lowest BCUT2D eigenvalue weighted by Crippen LogP contribution is -2.36. The van der Waals surface area contributed by atoms with E-state index in [0.717, 1.165) is 10.5 Å². The van der Waals surface area contributed by atoms with Gasteiger partial charge in [0.2, 0.25) is 5.91 Å². The molecule has 0 heterocycles. The number of aldehydes is 1. The molecule has 0 spiro atoms. The van der Waals surface area contributed by atoms with Gasteiger partial charge in [0, 0.05) is 12.5 Å². The van der Waals surface area contributed by atoms with Crippen LogP contribution in [-0.2, 0) is 16.1 Å². The molecule has 0 radical (unpaired) electrons. The average molecular weight is 297 g/mol. The van der Waals surface area contributed by atoms with Crippen molar-refractivity contribution in [3.8, 4) is 0 Å². The molecule has 0 aliphatic rings. The van der Waals surface area contributed by atoms with E-state index in [-0.39, 0.29) is 17.9 Å². The molecule has 2 rings (SSSR count). The van der Waals surface area contributed by atoms with E-state index in [1.807, 2.05) is 30.3 Å². The Kier molecular flexibility index (Phi) is 5.03. The Morgan fingerprint density at radius 1 is 1.05 bits per heavy atom. The molecule has 5 nitrogen and oxygen atoms in total. The maximum atomic E-state index is 12.2. The lowest BCUT2D eigenvalue weighted by Gasteiger charge is -2.20. The third kappa shape index (κ3) is 3.58. The normalized spacial score (nSPS) is 9.86. The van der Waals surface area contributed by atoms with Gasteiger partial charge in [-0.25, -0.2) is 9.69 Å². The molecule has 0 bridgehead atoms. The molecule has 0 N–H and O–H groups in total. The van der Waals surface area contributed by atoms with Gasteiger partial charge in [0.15, 0.2) is 6.29 Å². The Morgan fingerprint density at radius 2 is 1.68 bits per heavy atom. The number of carbonyl (C=O) groups excluding carboxylic acids is 3. The van der Waals surface area contributed by atoms with E-state index in [1.165, 1.54) is 19.1 Å². The van der Waals surface area contributed by atoms with E-state index >= 15 is 0 Å². The van der Waals surface area contributed by atoms with Crippen molar-refractivity contribution in [3.05, 3.63) is 65.7 Å². The quantitative estimate of drug-likeness (QED) is 0.813. The van der Waals surface area contributed by atoms with Crippen LogP contribution < -0.4 is 4.90 Å². The van der Waals surface area contributed by atoms with E-state index < -0.39 is 12.0 Å². The van der Waals surface area contributed by atoms with Crippen LogP contribution in [-0.4, -0.2) is 18.3 Å². The number of amides is 2. The lowest BCUT2D eigenvalue weighted by molar-refractivity contribution is -0.116. The molecular weight excluding hydrogens is 282 g/mol. The van der Waals surface area contributed by atoms with Crippen LogP contribution in [0.1, 0.15) is 22.8 Å². The highest BCUT2D eigenvalue weighted by Gasteiger charge is 2.24. The molecule has 0 atom stereocenters. The smallest absolute Gasteiger partial charge is 0.421 e. The number of nitrogens with zero attached hydrogens (tertiary/aromatic N) is 1. The third-order valence-corrected chi connectivity index (χ3v) is 3.01. The van der Waals surface area contributed by atoms with Crippen LogP contribution in [0.5, 0.6) is 0 Å². The van der Waals surface area contributed by atoms with Gasteiger partial charge in [-0.2, -0.15) is 0 Å². The largest absolute Gasteiger partial charge is 0.444 e. The molecule has 2 amide bonds. The summed E-state index contributed by atoms with van der Waals surface area (Å²) in [6.07, 6.45) is -0.221. The molecule has 0 aliphatic heterocycles. The number of hydrogen-bond acceptors (Lipinski definition) is 4. The van der Waals surface area contributed by atoms with Crippen LogP contribution in [0.4, 0.5) is 10.5 Å². The molecule has 0 saturated carbocycles. The van der Waals surface area contributed by atoms with E-state index in [0.29, 0.717) is 6.29 Å². The van der Waals surface area contributed by atoms with Crippen molar-refractivity contribution >= 4 is 24.0 Å². The topological polar surface area (TPSA) is 63.7 Å². The van der Waals surface area contributed by atoms with Crippen LogP contribution in [0.3, 0.4) is 0 Å². The summed E-state index contributed by atoms with van der Waals surface area (Å²) in [6, 6.07) is 15.5. The van der Waals surface area contributed by atoms with Crippen LogP contribution >= 0.6 is 0 Å². The molecule has 0 fully saturated rings. The summed E-state index contributed by atoms with van der Waals surface area (Å²) in [5, 5.41) is 0. The van der Waals surface area contributed by atoms with Crippen LogP contribution in [0.2, 0.25) is 0 Å². The molecule has 0 aliphatic carbocycles. The van der Waals surface area contributed by atoms with E-state index in [1.54, 1.807) is 12.1 Å². The van der Waals surface area contributed by atoms with E-state index in [2.05, 4.69) is 0 Å². The number of benzene rings is 2. The van der Waals surface area contributed by atoms with Crippen molar-refractivity contribution < 1.29 is 19.1 Å². The summed E-state index contributed by atoms with van der Waals surface area (Å²) in [4.78, 5) is 35.9. The van der Waals surface area contributed by atoms with Crippen LogP contribution in [0.15, 0.2) is 54.6 Å². The molecule has 5 heteroatoms. The van der Waals surface area contributed by atoms with Gasteiger partial charge in [-0.3, -0.25) is 9.59 Å². The fourth-order valence-corrected chi connectivity index (χ4v) is 1.97. The van der Waals surface area contributed by atoms with Gasteiger partial charge in [-0.05, 0) is 17.7 Å². The number of carbonyl (C=O) groups is 3. The molecule has 112 valence electrons. The highest BCUT2D eigenvalue weighted by atomic mass is 16.6. The molecule has 22 heavy (non-hydrogen) atoms. The summed E-state index contributed by atoms with van der Waals surface area (Å²) >= 11 is 0. The van der Waals surface area contributed by atoms with Crippen molar-refractivity contribution in [2.24, 2.45) is 0 Å². The molecule has 0 saturated heterocycles. The molecule has 0 unspecified atom stereocenters. The molecule has 0 aromatic heterocycles. The monoisotopic (exact) mass is 297 g/mol. The second-order valence-corrected chi connectivity index (χ2v) is 4.57. The second-order valence-electron chi connectivity index (χ2n) is 4.57. The Bertz CT molecular complexity index is 682. The minimum absolute atomic E-state index is 0.0483. The number of hydrogen-bond donors (Lipinski definition) is 0. The number of imide groups is 1. The zero-order valence-electron chi connectivity index (χ0n) is 12.1. The van der Waals surface area contributed by atoms with Gasteiger partial charge in [-0.15, -0.1) is 0 Å². The first-order valence-electron chi connectivity index (χ1n) is 6.69. The summed E-state index contributed by atoms with van der Waals surface area (Å²) in [5.74, 6) is -0.521. The summed E-state index contributed by atoms with van der Waals surface area (Å²) in [6.45, 7) is 1.29. The van der Waals surface area contributed by atoms with Crippen molar-refractivity contribution in [2.45, 2.75) is 13.5 Å². The van der Waals surface area contributed by atoms with Gasteiger partial charge < -0.3 is 4.74 Å². The van der Waals surface area contributed by atoms with Crippen molar-refractivity contribution in [3.63, 3.8) is 0 Å². The lowest BCUT2D eigenvalue weighted by atomic mass is 10.2. The minimum Gasteiger partial charge on any atom is -0.444 e. The second kappa shape index (κ2) is 7.17. The fraction of sp³-hybridized carbons (Fsp3) is 0.118. The number of ether oxygens (including phenoxy) is 1. The van der Waals surface area contributed by atoms with Gasteiger partial charge in [0.05, 0.1) is 5.69 Å². The minimum atomic E-state index is -0.814. The van der Waals surface area contributed by atoms with Gasteiger partial charge in [-0.1, -0.05) is 42.5 Å². The first kappa shape index (κ1) is 15.4. The van der Waals surface area contributed by atoms with Crippen molar-refractivity contribution in [2.75, 3.05) is 4.90 Å². The highest BCUT2D eigenvalue weighted by molar-refractivity contribution is 6.13. The van der Waals surface area contributed by atoms with Gasteiger partial charge in [0.1, 0.15) is 6.61 Å². The zero-order valence-corrected chi connectivity index (χ0v) is 12.1. The summed E-state index contributed by atoms with van der Waals surface area (Å²) < 4.78 is 5.16.